The maximum atomic E-state index is 12.4. The number of carbonyl (C=O) groups is 2. The molecule has 2 amide bonds. The molecule has 2 N–H and O–H groups in total. The quantitative estimate of drug-likeness (QED) is 0.599. The molecule has 1 aromatic heterocycles. The number of rotatable bonds is 2. The summed E-state index contributed by atoms with van der Waals surface area (Å²) < 4.78 is 0. The van der Waals surface area contributed by atoms with Crippen molar-refractivity contribution in [3.8, 4) is 0 Å². The Hall–Kier alpha value is -2.71. The molecule has 1 fully saturated rings. The van der Waals surface area contributed by atoms with Crippen molar-refractivity contribution in [3.05, 3.63) is 27.9 Å². The number of nitrogens with zero attached hydrogens (tertiary/aromatic N) is 4. The van der Waals surface area contributed by atoms with Crippen molar-refractivity contribution in [2.45, 2.75) is 6.42 Å². The second-order valence-electron chi connectivity index (χ2n) is 4.78. The zero-order valence-electron chi connectivity index (χ0n) is 11.5. The molecule has 9 nitrogen and oxygen atoms in total. The van der Waals surface area contributed by atoms with Crippen LogP contribution in [0.25, 0.3) is 0 Å². The fraction of sp³-hybridized carbons (Fsp3) is 0.417. The van der Waals surface area contributed by atoms with Crippen LogP contribution in [-0.2, 0) is 4.79 Å². The van der Waals surface area contributed by atoms with Crippen LogP contribution in [0.15, 0.2) is 12.3 Å². The van der Waals surface area contributed by atoms with E-state index in [-0.39, 0.29) is 29.5 Å². The topological polar surface area (TPSA) is 123 Å². The van der Waals surface area contributed by atoms with E-state index in [0.717, 1.165) is 12.3 Å². The molecule has 0 aliphatic carbocycles. The summed E-state index contributed by atoms with van der Waals surface area (Å²) in [4.78, 5) is 40.9. The van der Waals surface area contributed by atoms with Gasteiger partial charge in [-0.1, -0.05) is 0 Å². The van der Waals surface area contributed by atoms with E-state index < -0.39 is 10.8 Å². The van der Waals surface area contributed by atoms with Crippen molar-refractivity contribution in [3.63, 3.8) is 0 Å². The van der Waals surface area contributed by atoms with Crippen LogP contribution in [0, 0.1) is 10.1 Å². The number of hydrogen-bond donors (Lipinski definition) is 1. The van der Waals surface area contributed by atoms with Gasteiger partial charge in [-0.25, -0.2) is 4.98 Å². The average Bonchev–Trinajstić information content (AvgIpc) is 2.61. The number of likely N-dealkylation sites (N-methyl/N-ethyl adjacent to an activating group) is 1. The summed E-state index contributed by atoms with van der Waals surface area (Å²) in [5.74, 6) is -0.791. The summed E-state index contributed by atoms with van der Waals surface area (Å²) in [6, 6.07) is 1.09. The fourth-order valence-corrected chi connectivity index (χ4v) is 2.07. The number of nitrogens with two attached hydrogens (primary N) is 1. The van der Waals surface area contributed by atoms with Crippen molar-refractivity contribution in [1.29, 1.82) is 0 Å². The molecular weight excluding hydrogens is 278 g/mol. The third-order valence-electron chi connectivity index (χ3n) is 3.31. The first-order chi connectivity index (χ1) is 9.90. The van der Waals surface area contributed by atoms with Gasteiger partial charge in [0.25, 0.3) is 11.6 Å². The van der Waals surface area contributed by atoms with Crippen LogP contribution < -0.4 is 5.73 Å². The normalized spacial score (nSPS) is 15.8. The molecule has 0 atom stereocenters. The number of amides is 2. The van der Waals surface area contributed by atoms with Crippen molar-refractivity contribution in [2.75, 3.05) is 32.4 Å². The molecule has 0 radical (unpaired) electrons. The molecule has 0 bridgehead atoms. The number of nitrogen functional groups attached to an aromatic ring is 1. The maximum Gasteiger partial charge on any atom is 0.288 e. The van der Waals surface area contributed by atoms with Crippen LogP contribution in [0.4, 0.5) is 11.5 Å². The minimum atomic E-state index is -0.648. The molecule has 0 saturated carbocycles. The number of hydrogen-bond acceptors (Lipinski definition) is 6. The van der Waals surface area contributed by atoms with Crippen molar-refractivity contribution in [2.24, 2.45) is 0 Å². The smallest absolute Gasteiger partial charge is 0.288 e. The molecule has 9 heteroatoms. The second kappa shape index (κ2) is 5.73. The Kier molecular flexibility index (Phi) is 4.01. The maximum absolute atomic E-state index is 12.4. The van der Waals surface area contributed by atoms with E-state index in [1.54, 1.807) is 11.9 Å². The molecule has 2 heterocycles. The van der Waals surface area contributed by atoms with Gasteiger partial charge in [-0.3, -0.25) is 19.7 Å². The van der Waals surface area contributed by atoms with Crippen molar-refractivity contribution in [1.82, 2.24) is 14.8 Å². The molecular formula is C12H15N5O4. The van der Waals surface area contributed by atoms with Gasteiger partial charge < -0.3 is 15.5 Å². The number of anilines is 1. The standard InChI is InChI=1S/C12H15N5O4/c1-15-3-2-4-16(7-10(15)18)12(19)9-5-8(17(20)21)6-14-11(9)13/h5-6H,2-4,7H2,1H3,(H2,13,14). The first-order valence-corrected chi connectivity index (χ1v) is 6.33. The van der Waals surface area contributed by atoms with Crippen LogP contribution in [0.5, 0.6) is 0 Å². The third-order valence-corrected chi connectivity index (χ3v) is 3.31. The lowest BCUT2D eigenvalue weighted by molar-refractivity contribution is -0.385. The lowest BCUT2D eigenvalue weighted by atomic mass is 10.2. The lowest BCUT2D eigenvalue weighted by Gasteiger charge is -2.20. The first kappa shape index (κ1) is 14.7. The van der Waals surface area contributed by atoms with E-state index in [9.17, 15) is 19.7 Å². The number of pyridine rings is 1. The molecule has 2 rings (SSSR count). The summed E-state index contributed by atoms with van der Waals surface area (Å²) >= 11 is 0. The first-order valence-electron chi connectivity index (χ1n) is 6.33. The summed E-state index contributed by atoms with van der Waals surface area (Å²) in [6.45, 7) is 0.875. The van der Waals surface area contributed by atoms with Gasteiger partial charge in [0.2, 0.25) is 5.91 Å². The van der Waals surface area contributed by atoms with Crippen LogP contribution in [0.3, 0.4) is 0 Å². The Morgan fingerprint density at radius 3 is 2.86 bits per heavy atom. The Bertz CT molecular complexity index is 603. The van der Waals surface area contributed by atoms with Gasteiger partial charge in [-0.05, 0) is 6.42 Å². The number of carbonyl (C=O) groups excluding carboxylic acids is 2. The lowest BCUT2D eigenvalue weighted by Crippen LogP contribution is -2.38. The average molecular weight is 293 g/mol. The molecule has 0 aromatic carbocycles. The van der Waals surface area contributed by atoms with Crippen LogP contribution in [0.2, 0.25) is 0 Å². The van der Waals surface area contributed by atoms with Gasteiger partial charge >= 0.3 is 0 Å². The molecule has 112 valence electrons. The van der Waals surface area contributed by atoms with Gasteiger partial charge in [-0.15, -0.1) is 0 Å². The van der Waals surface area contributed by atoms with E-state index in [1.165, 1.54) is 4.90 Å². The van der Waals surface area contributed by atoms with Gasteiger partial charge in [-0.2, -0.15) is 0 Å². The minimum Gasteiger partial charge on any atom is -0.383 e. The highest BCUT2D eigenvalue weighted by atomic mass is 16.6. The molecule has 21 heavy (non-hydrogen) atoms. The highest BCUT2D eigenvalue weighted by Crippen LogP contribution is 2.19. The third kappa shape index (κ3) is 3.07. The monoisotopic (exact) mass is 293 g/mol. The van der Waals surface area contributed by atoms with Crippen molar-refractivity contribution >= 4 is 23.3 Å². The highest BCUT2D eigenvalue weighted by Gasteiger charge is 2.26. The van der Waals surface area contributed by atoms with Crippen LogP contribution in [-0.4, -0.2) is 58.2 Å². The van der Waals surface area contributed by atoms with Crippen LogP contribution >= 0.6 is 0 Å². The van der Waals surface area contributed by atoms with Gasteiger partial charge in [0.05, 0.1) is 10.5 Å². The van der Waals surface area contributed by atoms with Crippen LogP contribution in [0.1, 0.15) is 16.8 Å². The molecule has 0 spiro atoms. The molecule has 1 saturated heterocycles. The zero-order chi connectivity index (χ0) is 15.6. The van der Waals surface area contributed by atoms with Gasteiger partial charge in [0.15, 0.2) is 0 Å². The SMILES string of the molecule is CN1CCCN(C(=O)c2cc([N+](=O)[O-])cnc2N)CC1=O. The zero-order valence-corrected chi connectivity index (χ0v) is 11.5. The van der Waals surface area contributed by atoms with E-state index in [2.05, 4.69) is 4.98 Å². The second-order valence-corrected chi connectivity index (χ2v) is 4.78. The summed E-state index contributed by atoms with van der Waals surface area (Å²) in [7, 11) is 1.67. The van der Waals surface area contributed by atoms with Gasteiger partial charge in [0, 0.05) is 26.2 Å². The van der Waals surface area contributed by atoms with E-state index in [1.807, 2.05) is 0 Å². The van der Waals surface area contributed by atoms with Gasteiger partial charge in [0.1, 0.15) is 18.6 Å². The van der Waals surface area contributed by atoms with E-state index in [4.69, 9.17) is 5.73 Å². The largest absolute Gasteiger partial charge is 0.383 e. The molecule has 0 unspecified atom stereocenters. The molecule has 1 aromatic rings. The number of aromatic nitrogens is 1. The van der Waals surface area contributed by atoms with Crippen molar-refractivity contribution < 1.29 is 14.5 Å². The highest BCUT2D eigenvalue weighted by molar-refractivity contribution is 6.00. The minimum absolute atomic E-state index is 0.0541. The Morgan fingerprint density at radius 2 is 2.19 bits per heavy atom. The number of nitro groups is 1. The Labute approximate surface area is 120 Å². The Balaban J connectivity index is 2.29. The predicted octanol–water partition coefficient (Wildman–Crippen LogP) is -0.124. The summed E-state index contributed by atoms with van der Waals surface area (Å²) in [6.07, 6.45) is 1.63. The molecule has 1 aliphatic rings. The molecule has 1 aliphatic heterocycles. The summed E-state index contributed by atoms with van der Waals surface area (Å²) in [5, 5.41) is 10.8. The van der Waals surface area contributed by atoms with E-state index in [0.29, 0.717) is 19.5 Å². The fourth-order valence-electron chi connectivity index (χ4n) is 2.07. The van der Waals surface area contributed by atoms with E-state index >= 15 is 0 Å². The predicted molar refractivity (Wildman–Crippen MR) is 73.5 cm³/mol. The Morgan fingerprint density at radius 1 is 1.48 bits per heavy atom. The summed E-state index contributed by atoms with van der Waals surface area (Å²) in [5.41, 5.74) is 5.25.